The molecule has 1 aliphatic rings. The van der Waals surface area contributed by atoms with Gasteiger partial charge in [-0.05, 0) is 37.5 Å². The maximum atomic E-state index is 13.4. The highest BCUT2D eigenvalue weighted by Crippen LogP contribution is 2.32. The van der Waals surface area contributed by atoms with Gasteiger partial charge in [0.15, 0.2) is 0 Å². The Morgan fingerprint density at radius 3 is 2.74 bits per heavy atom. The van der Waals surface area contributed by atoms with Crippen molar-refractivity contribution in [2.45, 2.75) is 38.4 Å². The van der Waals surface area contributed by atoms with Crippen molar-refractivity contribution in [2.24, 2.45) is 0 Å². The van der Waals surface area contributed by atoms with Crippen LogP contribution in [0.4, 0.5) is 4.39 Å². The lowest BCUT2D eigenvalue weighted by atomic mass is 10.0. The number of methoxy groups -OCH3 is 1. The first-order valence-electron chi connectivity index (χ1n) is 6.81. The molecule has 1 aliphatic heterocycles. The number of hydrogen-bond donors (Lipinski definition) is 0. The van der Waals surface area contributed by atoms with Gasteiger partial charge in [-0.2, -0.15) is 0 Å². The maximum absolute atomic E-state index is 13.4. The van der Waals surface area contributed by atoms with Gasteiger partial charge in [0.25, 0.3) is 0 Å². The summed E-state index contributed by atoms with van der Waals surface area (Å²) in [5.74, 6) is 0.421. The van der Waals surface area contributed by atoms with E-state index in [2.05, 4.69) is 0 Å². The maximum Gasteiger partial charge on any atom is 0.124 e. The molecule has 2 rings (SSSR count). The summed E-state index contributed by atoms with van der Waals surface area (Å²) in [5, 5.41) is 0. The molecule has 0 N–H and O–H groups in total. The van der Waals surface area contributed by atoms with Gasteiger partial charge in [0.05, 0.1) is 19.3 Å². The molecular formula is C15H21FO3. The van der Waals surface area contributed by atoms with Crippen molar-refractivity contribution >= 4 is 0 Å². The van der Waals surface area contributed by atoms with Crippen molar-refractivity contribution in [3.05, 3.63) is 29.6 Å². The first-order chi connectivity index (χ1) is 9.24. The third kappa shape index (κ3) is 3.67. The molecule has 0 spiro atoms. The number of benzene rings is 1. The SMILES string of the molecule is CC[C@H](OC1CCOCC1)c1cc(F)ccc1OC. The Balaban J connectivity index is 2.13. The van der Waals surface area contributed by atoms with Crippen molar-refractivity contribution < 1.29 is 18.6 Å². The zero-order valence-corrected chi connectivity index (χ0v) is 11.5. The molecule has 1 aromatic rings. The van der Waals surface area contributed by atoms with Crippen molar-refractivity contribution in [1.82, 2.24) is 0 Å². The number of halogens is 1. The van der Waals surface area contributed by atoms with Gasteiger partial charge in [0.1, 0.15) is 11.6 Å². The van der Waals surface area contributed by atoms with Crippen LogP contribution in [-0.4, -0.2) is 26.4 Å². The van der Waals surface area contributed by atoms with Gasteiger partial charge in [-0.15, -0.1) is 0 Å². The van der Waals surface area contributed by atoms with Crippen LogP contribution in [0.1, 0.15) is 37.9 Å². The van der Waals surface area contributed by atoms with Crippen LogP contribution < -0.4 is 4.74 Å². The van der Waals surface area contributed by atoms with Gasteiger partial charge in [-0.25, -0.2) is 4.39 Å². The Labute approximate surface area is 113 Å². The Morgan fingerprint density at radius 2 is 2.11 bits per heavy atom. The molecule has 1 saturated heterocycles. The van der Waals surface area contributed by atoms with Crippen LogP contribution in [0.3, 0.4) is 0 Å². The second-order valence-corrected chi connectivity index (χ2v) is 4.73. The largest absolute Gasteiger partial charge is 0.496 e. The van der Waals surface area contributed by atoms with Crippen LogP contribution in [0.15, 0.2) is 18.2 Å². The molecule has 0 bridgehead atoms. The van der Waals surface area contributed by atoms with Gasteiger partial charge in [0.2, 0.25) is 0 Å². The quantitative estimate of drug-likeness (QED) is 0.818. The van der Waals surface area contributed by atoms with Crippen molar-refractivity contribution in [3.63, 3.8) is 0 Å². The molecule has 1 aromatic carbocycles. The molecule has 0 unspecified atom stereocenters. The van der Waals surface area contributed by atoms with E-state index in [1.807, 2.05) is 6.92 Å². The van der Waals surface area contributed by atoms with E-state index in [0.29, 0.717) is 5.75 Å². The molecule has 0 aromatic heterocycles. The summed E-state index contributed by atoms with van der Waals surface area (Å²) in [6.07, 6.45) is 2.64. The Hall–Kier alpha value is -1.13. The van der Waals surface area contributed by atoms with E-state index in [9.17, 15) is 4.39 Å². The summed E-state index contributed by atoms with van der Waals surface area (Å²) in [4.78, 5) is 0. The van der Waals surface area contributed by atoms with E-state index in [1.165, 1.54) is 12.1 Å². The first kappa shape index (κ1) is 14.3. The summed E-state index contributed by atoms with van der Waals surface area (Å²) < 4.78 is 30.1. The van der Waals surface area contributed by atoms with E-state index in [4.69, 9.17) is 14.2 Å². The minimum absolute atomic E-state index is 0.131. The van der Waals surface area contributed by atoms with E-state index in [0.717, 1.165) is 38.0 Å². The summed E-state index contributed by atoms with van der Waals surface area (Å²) in [6, 6.07) is 4.57. The van der Waals surface area contributed by atoms with Crippen LogP contribution in [-0.2, 0) is 9.47 Å². The van der Waals surface area contributed by atoms with Crippen LogP contribution in [0.5, 0.6) is 5.75 Å². The normalized spacial score (nSPS) is 18.3. The molecule has 3 nitrogen and oxygen atoms in total. The summed E-state index contributed by atoms with van der Waals surface area (Å²) in [6.45, 7) is 3.51. The number of hydrogen-bond acceptors (Lipinski definition) is 3. The van der Waals surface area contributed by atoms with Crippen LogP contribution in [0.2, 0.25) is 0 Å². The van der Waals surface area contributed by atoms with Gasteiger partial charge >= 0.3 is 0 Å². The molecule has 19 heavy (non-hydrogen) atoms. The molecule has 0 radical (unpaired) electrons. The second kappa shape index (κ2) is 6.87. The fourth-order valence-electron chi connectivity index (χ4n) is 2.39. The average molecular weight is 268 g/mol. The highest BCUT2D eigenvalue weighted by molar-refractivity contribution is 5.35. The van der Waals surface area contributed by atoms with Gasteiger partial charge in [-0.3, -0.25) is 0 Å². The standard InChI is InChI=1S/C15H21FO3/c1-3-14(19-12-6-8-18-9-7-12)13-10-11(16)4-5-15(13)17-2/h4-5,10,12,14H,3,6-9H2,1-2H3/t14-/m0/s1. The van der Waals surface area contributed by atoms with Crippen molar-refractivity contribution in [3.8, 4) is 5.75 Å². The molecule has 106 valence electrons. The Morgan fingerprint density at radius 1 is 1.37 bits per heavy atom. The minimum atomic E-state index is -0.259. The lowest BCUT2D eigenvalue weighted by molar-refractivity contribution is -0.0713. The van der Waals surface area contributed by atoms with Crippen molar-refractivity contribution in [1.29, 1.82) is 0 Å². The third-order valence-corrected chi connectivity index (χ3v) is 3.43. The topological polar surface area (TPSA) is 27.7 Å². The first-order valence-corrected chi connectivity index (χ1v) is 6.81. The van der Waals surface area contributed by atoms with Gasteiger partial charge in [0, 0.05) is 18.8 Å². The molecule has 0 saturated carbocycles. The van der Waals surface area contributed by atoms with Gasteiger partial charge in [-0.1, -0.05) is 6.92 Å². The highest BCUT2D eigenvalue weighted by Gasteiger charge is 2.22. The highest BCUT2D eigenvalue weighted by atomic mass is 19.1. The van der Waals surface area contributed by atoms with E-state index in [-0.39, 0.29) is 18.0 Å². The molecule has 4 heteroatoms. The lowest BCUT2D eigenvalue weighted by Gasteiger charge is -2.28. The molecule has 0 aliphatic carbocycles. The fourth-order valence-corrected chi connectivity index (χ4v) is 2.39. The van der Waals surface area contributed by atoms with Crippen LogP contribution in [0, 0.1) is 5.82 Å². The Kier molecular flexibility index (Phi) is 5.16. The predicted octanol–water partition coefficient (Wildman–Crippen LogP) is 3.48. The summed E-state index contributed by atoms with van der Waals surface area (Å²) >= 11 is 0. The summed E-state index contributed by atoms with van der Waals surface area (Å²) in [5.41, 5.74) is 0.788. The van der Waals surface area contributed by atoms with Gasteiger partial charge < -0.3 is 14.2 Å². The van der Waals surface area contributed by atoms with Crippen LogP contribution >= 0.6 is 0 Å². The molecule has 0 amide bonds. The summed E-state index contributed by atoms with van der Waals surface area (Å²) in [7, 11) is 1.60. The average Bonchev–Trinajstić information content (AvgIpc) is 2.46. The molecular weight excluding hydrogens is 247 g/mol. The molecule has 1 fully saturated rings. The zero-order chi connectivity index (χ0) is 13.7. The van der Waals surface area contributed by atoms with E-state index < -0.39 is 0 Å². The zero-order valence-electron chi connectivity index (χ0n) is 11.5. The smallest absolute Gasteiger partial charge is 0.124 e. The van der Waals surface area contributed by atoms with E-state index in [1.54, 1.807) is 13.2 Å². The van der Waals surface area contributed by atoms with Crippen molar-refractivity contribution in [2.75, 3.05) is 20.3 Å². The lowest BCUT2D eigenvalue weighted by Crippen LogP contribution is -2.25. The van der Waals surface area contributed by atoms with E-state index >= 15 is 0 Å². The minimum Gasteiger partial charge on any atom is -0.496 e. The predicted molar refractivity (Wildman–Crippen MR) is 70.9 cm³/mol. The Bertz CT molecular complexity index is 402. The number of rotatable bonds is 5. The fraction of sp³-hybridized carbons (Fsp3) is 0.600. The second-order valence-electron chi connectivity index (χ2n) is 4.73. The number of ether oxygens (including phenoxy) is 3. The monoisotopic (exact) mass is 268 g/mol. The molecule has 1 atom stereocenters. The van der Waals surface area contributed by atoms with Crippen LogP contribution in [0.25, 0.3) is 0 Å². The molecule has 1 heterocycles. The third-order valence-electron chi connectivity index (χ3n) is 3.43.